The van der Waals surface area contributed by atoms with Crippen LogP contribution < -0.4 is 14.2 Å². The Labute approximate surface area is 202 Å². The first-order chi connectivity index (χ1) is 16.7. The van der Waals surface area contributed by atoms with Crippen molar-refractivity contribution in [1.29, 1.82) is 0 Å². The lowest BCUT2D eigenvalue weighted by Crippen LogP contribution is -2.48. The summed E-state index contributed by atoms with van der Waals surface area (Å²) in [6.45, 7) is 8.91. The van der Waals surface area contributed by atoms with Gasteiger partial charge in [-0.2, -0.15) is 0 Å². The van der Waals surface area contributed by atoms with Crippen molar-refractivity contribution < 1.29 is 19.3 Å². The number of aliphatic hydroxyl groups is 1. The zero-order chi connectivity index (χ0) is 24.0. The van der Waals surface area contributed by atoms with Gasteiger partial charge in [-0.25, -0.2) is 0 Å². The highest BCUT2D eigenvalue weighted by atomic mass is 16.5. The Morgan fingerprint density at radius 2 is 1.09 bits per heavy atom. The third kappa shape index (κ3) is 4.38. The molecule has 0 aliphatic carbocycles. The van der Waals surface area contributed by atoms with Crippen LogP contribution in [0, 0.1) is 0 Å². The van der Waals surface area contributed by atoms with Crippen LogP contribution in [0.25, 0.3) is 0 Å². The number of likely N-dealkylation sites (tertiary alicyclic amines) is 1. The summed E-state index contributed by atoms with van der Waals surface area (Å²) in [5, 5.41) is 10.7. The number of hydrogen-bond acceptors (Lipinski definition) is 5. The fourth-order valence-corrected chi connectivity index (χ4v) is 5.13. The van der Waals surface area contributed by atoms with Crippen molar-refractivity contribution in [3.05, 3.63) is 89.5 Å². The third-order valence-corrected chi connectivity index (χ3v) is 6.37. The Kier molecular flexibility index (Phi) is 7.76. The molecular weight excluding hydrogens is 426 g/mol. The second-order valence-electron chi connectivity index (χ2n) is 8.39. The van der Waals surface area contributed by atoms with E-state index in [0.717, 1.165) is 40.5 Å². The van der Waals surface area contributed by atoms with Gasteiger partial charge in [-0.05, 0) is 45.4 Å². The number of aliphatic hydroxyl groups excluding tert-OH is 1. The van der Waals surface area contributed by atoms with Gasteiger partial charge in [0.1, 0.15) is 22.8 Å². The summed E-state index contributed by atoms with van der Waals surface area (Å²) in [5.41, 5.74) is 2.22. The molecule has 34 heavy (non-hydrogen) atoms. The van der Waals surface area contributed by atoms with Gasteiger partial charge in [-0.15, -0.1) is 0 Å². The minimum Gasteiger partial charge on any atom is -0.493 e. The summed E-state index contributed by atoms with van der Waals surface area (Å²) in [5.74, 6) is 2.43. The van der Waals surface area contributed by atoms with Crippen LogP contribution in [-0.2, 0) is 5.54 Å². The summed E-state index contributed by atoms with van der Waals surface area (Å²) in [4.78, 5) is 2.35. The normalized spacial score (nSPS) is 16.4. The molecule has 180 valence electrons. The average Bonchev–Trinajstić information content (AvgIpc) is 3.29. The van der Waals surface area contributed by atoms with E-state index in [0.29, 0.717) is 32.8 Å². The highest BCUT2D eigenvalue weighted by Gasteiger charge is 2.49. The predicted octanol–water partition coefficient (Wildman–Crippen LogP) is 5.24. The Morgan fingerprint density at radius 1 is 0.706 bits per heavy atom. The molecule has 0 aromatic heterocycles. The van der Waals surface area contributed by atoms with Crippen LogP contribution in [0.3, 0.4) is 0 Å². The average molecular weight is 462 g/mol. The lowest BCUT2D eigenvalue weighted by atomic mass is 9.74. The number of rotatable bonds is 10. The van der Waals surface area contributed by atoms with E-state index in [2.05, 4.69) is 23.1 Å². The molecule has 1 aliphatic rings. The van der Waals surface area contributed by atoms with E-state index in [1.807, 2.05) is 75.4 Å². The van der Waals surface area contributed by atoms with E-state index in [-0.39, 0.29) is 0 Å². The Balaban J connectivity index is 2.14. The van der Waals surface area contributed by atoms with Crippen molar-refractivity contribution in [3.63, 3.8) is 0 Å². The largest absolute Gasteiger partial charge is 0.493 e. The van der Waals surface area contributed by atoms with Crippen molar-refractivity contribution in [2.45, 2.75) is 38.8 Å². The minimum absolute atomic E-state index is 0.405. The molecule has 1 aliphatic heterocycles. The molecule has 1 unspecified atom stereocenters. The van der Waals surface area contributed by atoms with E-state index >= 15 is 0 Å². The van der Waals surface area contributed by atoms with E-state index < -0.39 is 11.6 Å². The molecule has 0 amide bonds. The van der Waals surface area contributed by atoms with Gasteiger partial charge in [0.25, 0.3) is 0 Å². The summed E-state index contributed by atoms with van der Waals surface area (Å²) in [7, 11) is 0. The van der Waals surface area contributed by atoms with E-state index in [4.69, 9.17) is 14.2 Å². The number of benzene rings is 3. The van der Waals surface area contributed by atoms with Crippen LogP contribution in [0.15, 0.2) is 72.8 Å². The molecule has 3 aromatic carbocycles. The molecule has 5 heteroatoms. The molecule has 0 radical (unpaired) electrons. The van der Waals surface area contributed by atoms with E-state index in [1.54, 1.807) is 0 Å². The van der Waals surface area contributed by atoms with Crippen LogP contribution >= 0.6 is 0 Å². The molecule has 3 aromatic rings. The molecule has 1 fully saturated rings. The maximum atomic E-state index is 10.7. The number of ether oxygens (including phenoxy) is 3. The zero-order valence-electron chi connectivity index (χ0n) is 20.4. The van der Waals surface area contributed by atoms with Crippen LogP contribution in [0.1, 0.15) is 43.9 Å². The summed E-state index contributed by atoms with van der Waals surface area (Å²) < 4.78 is 18.6. The Hall–Kier alpha value is -3.02. The topological polar surface area (TPSA) is 51.2 Å². The molecule has 0 spiro atoms. The molecule has 0 saturated carbocycles. The van der Waals surface area contributed by atoms with Crippen molar-refractivity contribution in [3.8, 4) is 17.2 Å². The van der Waals surface area contributed by atoms with Gasteiger partial charge in [0.2, 0.25) is 0 Å². The number of β-amino-alcohol motifs (C(OH)–C–C–N with tert-alkyl or cyclic N) is 1. The Bertz CT molecular complexity index is 963. The first-order valence-electron chi connectivity index (χ1n) is 12.3. The van der Waals surface area contributed by atoms with Gasteiger partial charge in [0.05, 0.1) is 25.9 Å². The highest BCUT2D eigenvalue weighted by molar-refractivity contribution is 5.61. The van der Waals surface area contributed by atoms with Crippen molar-refractivity contribution in [1.82, 2.24) is 4.90 Å². The summed E-state index contributed by atoms with van der Waals surface area (Å²) in [6, 6.07) is 24.6. The standard InChI is InChI=1S/C29H35NO4/c1-4-32-26-16-10-7-13-23(26)29(30-20-19-22(31)21-30,24-14-8-11-17-27(24)33-5-2)25-15-9-12-18-28(25)34-6-3/h7-18,22,31H,4-6,19-21H2,1-3H3. The smallest absolute Gasteiger partial charge is 0.125 e. The molecule has 1 atom stereocenters. The van der Waals surface area contributed by atoms with Crippen LogP contribution in [0.2, 0.25) is 0 Å². The zero-order valence-corrected chi connectivity index (χ0v) is 20.4. The highest BCUT2D eigenvalue weighted by Crippen LogP contribution is 2.52. The molecule has 1 saturated heterocycles. The summed E-state index contributed by atoms with van der Waals surface area (Å²) in [6.07, 6.45) is 0.295. The quantitative estimate of drug-likeness (QED) is 0.419. The Morgan fingerprint density at radius 3 is 1.41 bits per heavy atom. The van der Waals surface area contributed by atoms with Gasteiger partial charge in [0.15, 0.2) is 0 Å². The molecule has 1 N–H and O–H groups in total. The van der Waals surface area contributed by atoms with Crippen LogP contribution in [0.4, 0.5) is 0 Å². The van der Waals surface area contributed by atoms with Crippen molar-refractivity contribution >= 4 is 0 Å². The van der Waals surface area contributed by atoms with Gasteiger partial charge in [0, 0.05) is 29.8 Å². The maximum absolute atomic E-state index is 10.7. The first-order valence-corrected chi connectivity index (χ1v) is 12.3. The molecule has 0 bridgehead atoms. The second kappa shape index (κ2) is 10.9. The van der Waals surface area contributed by atoms with E-state index in [1.165, 1.54) is 0 Å². The minimum atomic E-state index is -0.791. The fraction of sp³-hybridized carbons (Fsp3) is 0.379. The van der Waals surface area contributed by atoms with Crippen LogP contribution in [0.5, 0.6) is 17.2 Å². The SMILES string of the molecule is CCOc1ccccc1C(c1ccccc1OCC)(c1ccccc1OCC)N1CCC(O)C1. The van der Waals surface area contributed by atoms with Crippen molar-refractivity contribution in [2.24, 2.45) is 0 Å². The van der Waals surface area contributed by atoms with E-state index in [9.17, 15) is 5.11 Å². The van der Waals surface area contributed by atoms with Gasteiger partial charge < -0.3 is 19.3 Å². The van der Waals surface area contributed by atoms with Crippen molar-refractivity contribution in [2.75, 3.05) is 32.9 Å². The second-order valence-corrected chi connectivity index (χ2v) is 8.39. The number of para-hydroxylation sites is 3. The van der Waals surface area contributed by atoms with Gasteiger partial charge in [-0.3, -0.25) is 4.90 Å². The third-order valence-electron chi connectivity index (χ3n) is 6.37. The molecule has 1 heterocycles. The number of hydrogen-bond donors (Lipinski definition) is 1. The first kappa shape index (κ1) is 24.1. The summed E-state index contributed by atoms with van der Waals surface area (Å²) >= 11 is 0. The lowest BCUT2D eigenvalue weighted by Gasteiger charge is -2.45. The molecule has 4 rings (SSSR count). The van der Waals surface area contributed by atoms with Gasteiger partial charge in [-0.1, -0.05) is 54.6 Å². The maximum Gasteiger partial charge on any atom is 0.125 e. The van der Waals surface area contributed by atoms with Crippen LogP contribution in [-0.4, -0.2) is 49.0 Å². The number of nitrogens with zero attached hydrogens (tertiary/aromatic N) is 1. The fourth-order valence-electron chi connectivity index (χ4n) is 5.13. The molecular formula is C29H35NO4. The monoisotopic (exact) mass is 461 g/mol. The molecule has 5 nitrogen and oxygen atoms in total. The predicted molar refractivity (Wildman–Crippen MR) is 135 cm³/mol. The lowest BCUT2D eigenvalue weighted by molar-refractivity contribution is 0.134. The van der Waals surface area contributed by atoms with Gasteiger partial charge >= 0.3 is 0 Å².